The first-order chi connectivity index (χ1) is 10.5. The summed E-state index contributed by atoms with van der Waals surface area (Å²) in [4.78, 5) is 0.116. The number of hydrogen-bond acceptors (Lipinski definition) is 5. The number of rotatable bonds is 7. The van der Waals surface area contributed by atoms with Crippen molar-refractivity contribution in [2.75, 3.05) is 20.8 Å². The summed E-state index contributed by atoms with van der Waals surface area (Å²) in [7, 11) is 1.12. The maximum Gasteiger partial charge on any atom is 0.243 e. The van der Waals surface area contributed by atoms with Gasteiger partial charge in [0.05, 0.1) is 19.4 Å². The normalized spacial score (nSPS) is 13.0. The molecule has 120 valence electrons. The first kappa shape index (κ1) is 16.5. The van der Waals surface area contributed by atoms with Crippen molar-refractivity contribution in [3.05, 3.63) is 42.2 Å². The molecule has 0 aliphatic carbocycles. The van der Waals surface area contributed by atoms with Crippen molar-refractivity contribution in [1.29, 1.82) is 0 Å². The Balaban J connectivity index is 2.14. The second-order valence-corrected chi connectivity index (χ2v) is 6.43. The van der Waals surface area contributed by atoms with Crippen LogP contribution in [0.3, 0.4) is 0 Å². The number of aryl methyl sites for hydroxylation is 1. The second kappa shape index (κ2) is 6.91. The lowest BCUT2D eigenvalue weighted by Crippen LogP contribution is -2.29. The first-order valence-corrected chi connectivity index (χ1v) is 8.10. The van der Waals surface area contributed by atoms with Crippen LogP contribution in [-0.2, 0) is 21.8 Å². The minimum absolute atomic E-state index is 0.0914. The van der Waals surface area contributed by atoms with Gasteiger partial charge in [0.1, 0.15) is 10.6 Å². The summed E-state index contributed by atoms with van der Waals surface area (Å²) in [5.74, 6) is 0.648. The third-order valence-corrected chi connectivity index (χ3v) is 4.60. The highest BCUT2D eigenvalue weighted by molar-refractivity contribution is 7.89. The molecule has 1 atom stereocenters. The quantitative estimate of drug-likeness (QED) is 0.824. The van der Waals surface area contributed by atoms with Gasteiger partial charge in [0.25, 0.3) is 0 Å². The number of aromatic nitrogens is 2. The van der Waals surface area contributed by atoms with Crippen LogP contribution < -0.4 is 9.46 Å². The zero-order chi connectivity index (χ0) is 16.2. The van der Waals surface area contributed by atoms with E-state index in [-0.39, 0.29) is 11.4 Å². The molecule has 1 heterocycles. The van der Waals surface area contributed by atoms with Gasteiger partial charge in [-0.15, -0.1) is 0 Å². The van der Waals surface area contributed by atoms with Crippen molar-refractivity contribution in [2.24, 2.45) is 7.05 Å². The number of sulfonamides is 1. The Hall–Kier alpha value is -1.90. The summed E-state index contributed by atoms with van der Waals surface area (Å²) >= 11 is 0. The highest BCUT2D eigenvalue weighted by atomic mass is 32.2. The van der Waals surface area contributed by atoms with Crippen LogP contribution in [0, 0.1) is 0 Å². The van der Waals surface area contributed by atoms with Gasteiger partial charge in [-0.3, -0.25) is 4.68 Å². The highest BCUT2D eigenvalue weighted by Gasteiger charge is 2.21. The Morgan fingerprint density at radius 3 is 2.64 bits per heavy atom. The number of nitrogens with zero attached hydrogens (tertiary/aromatic N) is 2. The number of hydrogen-bond donors (Lipinski definition) is 1. The number of benzene rings is 1. The van der Waals surface area contributed by atoms with Gasteiger partial charge in [-0.05, 0) is 6.07 Å². The topological polar surface area (TPSA) is 82.5 Å². The monoisotopic (exact) mass is 325 g/mol. The predicted octanol–water partition coefficient (Wildman–Crippen LogP) is 1.09. The molecule has 0 amide bonds. The van der Waals surface area contributed by atoms with Gasteiger partial charge >= 0.3 is 0 Å². The average Bonchev–Trinajstić information content (AvgIpc) is 2.96. The molecule has 0 fully saturated rings. The molecule has 0 aliphatic heterocycles. The van der Waals surface area contributed by atoms with Crippen LogP contribution in [0.15, 0.2) is 41.6 Å². The standard InChI is InChI=1S/C14H19N3O4S/c1-17-10-11(8-15-17)22(18,19)16-9-14(21-3)12-6-4-5-7-13(12)20-2/h4-8,10,14,16H,9H2,1-3H3. The van der Waals surface area contributed by atoms with E-state index >= 15 is 0 Å². The molecule has 0 saturated carbocycles. The Bertz CT molecular complexity index is 727. The van der Waals surface area contributed by atoms with Crippen molar-refractivity contribution in [2.45, 2.75) is 11.0 Å². The van der Waals surface area contributed by atoms with Gasteiger partial charge in [0.2, 0.25) is 10.0 Å². The minimum atomic E-state index is -3.63. The lowest BCUT2D eigenvalue weighted by Gasteiger charge is -2.18. The molecule has 8 heteroatoms. The summed E-state index contributed by atoms with van der Waals surface area (Å²) in [5, 5.41) is 3.86. The predicted molar refractivity (Wildman–Crippen MR) is 81.1 cm³/mol. The van der Waals surface area contributed by atoms with Gasteiger partial charge in [-0.2, -0.15) is 5.10 Å². The van der Waals surface area contributed by atoms with Gasteiger partial charge in [-0.25, -0.2) is 13.1 Å². The van der Waals surface area contributed by atoms with Crippen molar-refractivity contribution < 1.29 is 17.9 Å². The number of nitrogens with one attached hydrogen (secondary N) is 1. The molecule has 1 N–H and O–H groups in total. The summed E-state index contributed by atoms with van der Waals surface area (Å²) in [6.07, 6.45) is 2.28. The van der Waals surface area contributed by atoms with E-state index in [4.69, 9.17) is 9.47 Å². The van der Waals surface area contributed by atoms with Crippen LogP contribution in [0.25, 0.3) is 0 Å². The minimum Gasteiger partial charge on any atom is -0.496 e. The molecule has 7 nitrogen and oxygen atoms in total. The lowest BCUT2D eigenvalue weighted by molar-refractivity contribution is 0.105. The zero-order valence-electron chi connectivity index (χ0n) is 12.7. The van der Waals surface area contributed by atoms with E-state index in [1.165, 1.54) is 24.2 Å². The molecule has 2 aromatic rings. The molecule has 0 saturated heterocycles. The molecule has 1 aromatic carbocycles. The van der Waals surface area contributed by atoms with Crippen LogP contribution in [0.2, 0.25) is 0 Å². The molecule has 1 unspecified atom stereocenters. The van der Waals surface area contributed by atoms with Crippen molar-refractivity contribution in [3.8, 4) is 5.75 Å². The fraction of sp³-hybridized carbons (Fsp3) is 0.357. The van der Waals surface area contributed by atoms with E-state index < -0.39 is 16.1 Å². The van der Waals surface area contributed by atoms with Crippen molar-refractivity contribution >= 4 is 10.0 Å². The van der Waals surface area contributed by atoms with Gasteiger partial charge in [-0.1, -0.05) is 18.2 Å². The second-order valence-electron chi connectivity index (χ2n) is 4.67. The van der Waals surface area contributed by atoms with E-state index in [1.54, 1.807) is 20.2 Å². The number of ether oxygens (including phenoxy) is 2. The molecular formula is C14H19N3O4S. The smallest absolute Gasteiger partial charge is 0.243 e. The summed E-state index contributed by atoms with van der Waals surface area (Å²) < 4.78 is 39.0. The van der Waals surface area contributed by atoms with E-state index in [1.807, 2.05) is 18.2 Å². The van der Waals surface area contributed by atoms with Gasteiger partial charge in [0.15, 0.2) is 0 Å². The molecule has 0 bridgehead atoms. The molecule has 2 rings (SSSR count). The van der Waals surface area contributed by atoms with Crippen LogP contribution in [0.4, 0.5) is 0 Å². The van der Waals surface area contributed by atoms with Gasteiger partial charge in [0, 0.05) is 32.5 Å². The van der Waals surface area contributed by atoms with Crippen molar-refractivity contribution in [1.82, 2.24) is 14.5 Å². The van der Waals surface area contributed by atoms with Crippen LogP contribution in [-0.4, -0.2) is 39.0 Å². The Kier molecular flexibility index (Phi) is 5.17. The highest BCUT2D eigenvalue weighted by Crippen LogP contribution is 2.26. The summed E-state index contributed by atoms with van der Waals surface area (Å²) in [6, 6.07) is 7.33. The maximum atomic E-state index is 12.2. The maximum absolute atomic E-state index is 12.2. The summed E-state index contributed by atoms with van der Waals surface area (Å²) in [6.45, 7) is 0.0914. The van der Waals surface area contributed by atoms with Crippen LogP contribution >= 0.6 is 0 Å². The van der Waals surface area contributed by atoms with Crippen molar-refractivity contribution in [3.63, 3.8) is 0 Å². The molecule has 0 aliphatic rings. The van der Waals surface area contributed by atoms with E-state index in [0.717, 1.165) is 5.56 Å². The van der Waals surface area contributed by atoms with Crippen LogP contribution in [0.5, 0.6) is 5.75 Å². The van der Waals surface area contributed by atoms with Gasteiger partial charge < -0.3 is 9.47 Å². The number of methoxy groups -OCH3 is 2. The Morgan fingerprint density at radius 2 is 2.05 bits per heavy atom. The molecule has 0 spiro atoms. The lowest BCUT2D eigenvalue weighted by atomic mass is 10.1. The SMILES string of the molecule is COc1ccccc1C(CNS(=O)(=O)c1cnn(C)c1)OC. The van der Waals surface area contributed by atoms with E-state index in [0.29, 0.717) is 5.75 Å². The number of para-hydroxylation sites is 1. The Labute approximate surface area is 129 Å². The molecule has 0 radical (unpaired) electrons. The average molecular weight is 325 g/mol. The molecule has 22 heavy (non-hydrogen) atoms. The summed E-state index contributed by atoms with van der Waals surface area (Å²) in [5.41, 5.74) is 0.779. The third kappa shape index (κ3) is 3.65. The van der Waals surface area contributed by atoms with Crippen LogP contribution in [0.1, 0.15) is 11.7 Å². The van der Waals surface area contributed by atoms with E-state index in [2.05, 4.69) is 9.82 Å². The fourth-order valence-corrected chi connectivity index (χ4v) is 3.07. The largest absolute Gasteiger partial charge is 0.496 e. The Morgan fingerprint density at radius 1 is 1.32 bits per heavy atom. The van der Waals surface area contributed by atoms with E-state index in [9.17, 15) is 8.42 Å². The molecular weight excluding hydrogens is 306 g/mol. The fourth-order valence-electron chi connectivity index (χ4n) is 2.06. The third-order valence-electron chi connectivity index (χ3n) is 3.22. The molecule has 1 aromatic heterocycles. The first-order valence-electron chi connectivity index (χ1n) is 6.62. The zero-order valence-corrected chi connectivity index (χ0v) is 13.5.